The van der Waals surface area contributed by atoms with Crippen LogP contribution in [0.25, 0.3) is 0 Å². The van der Waals surface area contributed by atoms with E-state index in [4.69, 9.17) is 17.3 Å². The highest BCUT2D eigenvalue weighted by atomic mass is 35.5. The Labute approximate surface area is 132 Å². The van der Waals surface area contributed by atoms with Crippen LogP contribution in [-0.2, 0) is 6.42 Å². The zero-order chi connectivity index (χ0) is 14.8. The molecule has 0 radical (unpaired) electrons. The molecule has 1 atom stereocenters. The third-order valence-electron chi connectivity index (χ3n) is 3.78. The standard InChI is InChI=1S/C16H25ClN2S/c1-12(18)10-13-4-5-14(11-15(13)17)19-7-6-16(2,3)20-9-8-19/h4-5,11-12H,6-10,18H2,1-3H3. The third kappa shape index (κ3) is 4.31. The fourth-order valence-corrected chi connectivity index (χ4v) is 3.88. The Kier molecular flexibility index (Phi) is 5.27. The number of rotatable bonds is 3. The topological polar surface area (TPSA) is 29.3 Å². The minimum absolute atomic E-state index is 0.147. The lowest BCUT2D eigenvalue weighted by molar-refractivity contribution is 0.637. The first-order valence-corrected chi connectivity index (χ1v) is 8.67. The quantitative estimate of drug-likeness (QED) is 0.916. The van der Waals surface area contributed by atoms with E-state index in [0.717, 1.165) is 30.1 Å². The van der Waals surface area contributed by atoms with Gasteiger partial charge in [-0.2, -0.15) is 11.8 Å². The molecule has 2 N–H and O–H groups in total. The molecule has 1 aliphatic heterocycles. The van der Waals surface area contributed by atoms with Crippen molar-refractivity contribution >= 4 is 29.1 Å². The Morgan fingerprint density at radius 2 is 2.15 bits per heavy atom. The summed E-state index contributed by atoms with van der Waals surface area (Å²) >= 11 is 8.47. The zero-order valence-electron chi connectivity index (χ0n) is 12.7. The smallest absolute Gasteiger partial charge is 0.0459 e. The van der Waals surface area contributed by atoms with Gasteiger partial charge in [0.2, 0.25) is 0 Å². The molecular formula is C16H25ClN2S. The van der Waals surface area contributed by atoms with Crippen molar-refractivity contribution in [1.82, 2.24) is 0 Å². The van der Waals surface area contributed by atoms with Crippen molar-refractivity contribution in [3.63, 3.8) is 0 Å². The van der Waals surface area contributed by atoms with Crippen molar-refractivity contribution < 1.29 is 0 Å². The summed E-state index contributed by atoms with van der Waals surface area (Å²) < 4.78 is 0.382. The van der Waals surface area contributed by atoms with E-state index in [0.29, 0.717) is 4.75 Å². The summed E-state index contributed by atoms with van der Waals surface area (Å²) in [5.41, 5.74) is 8.24. The first kappa shape index (κ1) is 16.0. The van der Waals surface area contributed by atoms with Crippen LogP contribution in [-0.4, -0.2) is 29.6 Å². The predicted octanol–water partition coefficient (Wildman–Crippen LogP) is 3.95. The molecule has 0 bridgehead atoms. The van der Waals surface area contributed by atoms with E-state index < -0.39 is 0 Å². The van der Waals surface area contributed by atoms with E-state index in [-0.39, 0.29) is 6.04 Å². The fraction of sp³-hybridized carbons (Fsp3) is 0.625. The summed E-state index contributed by atoms with van der Waals surface area (Å²) in [6.07, 6.45) is 2.04. The van der Waals surface area contributed by atoms with Crippen LogP contribution in [0.2, 0.25) is 5.02 Å². The molecule has 1 saturated heterocycles. The molecule has 1 aromatic carbocycles. The second kappa shape index (κ2) is 6.59. The molecule has 0 saturated carbocycles. The summed E-state index contributed by atoms with van der Waals surface area (Å²) in [6.45, 7) is 8.87. The van der Waals surface area contributed by atoms with E-state index in [1.54, 1.807) is 0 Å². The van der Waals surface area contributed by atoms with E-state index >= 15 is 0 Å². The summed E-state index contributed by atoms with van der Waals surface area (Å²) in [7, 11) is 0. The second-order valence-corrected chi connectivity index (χ2v) is 8.51. The molecule has 0 aliphatic carbocycles. The molecule has 1 unspecified atom stereocenters. The lowest BCUT2D eigenvalue weighted by Gasteiger charge is -2.25. The SMILES string of the molecule is CC(N)Cc1ccc(N2CCSC(C)(C)CC2)cc1Cl. The van der Waals surface area contributed by atoms with Gasteiger partial charge >= 0.3 is 0 Å². The monoisotopic (exact) mass is 312 g/mol. The van der Waals surface area contributed by atoms with Gasteiger partial charge in [-0.15, -0.1) is 0 Å². The molecule has 1 aliphatic rings. The number of anilines is 1. The molecule has 20 heavy (non-hydrogen) atoms. The average Bonchev–Trinajstić information content (AvgIpc) is 2.52. The lowest BCUT2D eigenvalue weighted by Crippen LogP contribution is -2.27. The van der Waals surface area contributed by atoms with Gasteiger partial charge in [-0.3, -0.25) is 0 Å². The van der Waals surface area contributed by atoms with Gasteiger partial charge in [-0.25, -0.2) is 0 Å². The summed E-state index contributed by atoms with van der Waals surface area (Å²) in [4.78, 5) is 2.45. The van der Waals surface area contributed by atoms with Gasteiger partial charge in [-0.05, 0) is 37.5 Å². The van der Waals surface area contributed by atoms with E-state index in [9.17, 15) is 0 Å². The number of nitrogens with two attached hydrogens (primary N) is 1. The minimum atomic E-state index is 0.147. The number of nitrogens with zero attached hydrogens (tertiary/aromatic N) is 1. The number of benzene rings is 1. The molecule has 2 nitrogen and oxygen atoms in total. The van der Waals surface area contributed by atoms with Gasteiger partial charge < -0.3 is 10.6 Å². The molecule has 2 rings (SSSR count). The van der Waals surface area contributed by atoms with Crippen LogP contribution >= 0.6 is 23.4 Å². The maximum Gasteiger partial charge on any atom is 0.0459 e. The Bertz CT molecular complexity index is 460. The molecule has 1 heterocycles. The number of hydrogen-bond donors (Lipinski definition) is 1. The molecule has 1 fully saturated rings. The largest absolute Gasteiger partial charge is 0.371 e. The molecule has 4 heteroatoms. The van der Waals surface area contributed by atoms with Crippen LogP contribution in [0.1, 0.15) is 32.8 Å². The number of halogens is 1. The van der Waals surface area contributed by atoms with Gasteiger partial charge in [0.1, 0.15) is 0 Å². The van der Waals surface area contributed by atoms with Crippen molar-refractivity contribution in [2.75, 3.05) is 23.7 Å². The van der Waals surface area contributed by atoms with Gasteiger partial charge in [0, 0.05) is 40.3 Å². The fourth-order valence-electron chi connectivity index (χ4n) is 2.52. The Hall–Kier alpha value is -0.380. The normalized spacial score (nSPS) is 20.6. The van der Waals surface area contributed by atoms with Crippen molar-refractivity contribution in [1.29, 1.82) is 0 Å². The van der Waals surface area contributed by atoms with Crippen LogP contribution in [0, 0.1) is 0 Å². The maximum atomic E-state index is 6.40. The van der Waals surface area contributed by atoms with Crippen molar-refractivity contribution in [2.24, 2.45) is 5.73 Å². The summed E-state index contributed by atoms with van der Waals surface area (Å²) in [5.74, 6) is 1.17. The first-order chi connectivity index (χ1) is 9.37. The van der Waals surface area contributed by atoms with E-state index in [1.807, 2.05) is 6.92 Å². The van der Waals surface area contributed by atoms with Gasteiger partial charge in [0.15, 0.2) is 0 Å². The third-order valence-corrected chi connectivity index (χ3v) is 5.51. The minimum Gasteiger partial charge on any atom is -0.371 e. The average molecular weight is 313 g/mol. The lowest BCUT2D eigenvalue weighted by atomic mass is 10.1. The molecular weight excluding hydrogens is 288 g/mol. The van der Waals surface area contributed by atoms with Gasteiger partial charge in [0.25, 0.3) is 0 Å². The highest BCUT2D eigenvalue weighted by Gasteiger charge is 2.23. The zero-order valence-corrected chi connectivity index (χ0v) is 14.2. The van der Waals surface area contributed by atoms with Crippen LogP contribution in [0.4, 0.5) is 5.69 Å². The van der Waals surface area contributed by atoms with Gasteiger partial charge in [-0.1, -0.05) is 31.5 Å². The maximum absolute atomic E-state index is 6.40. The molecule has 1 aromatic rings. The Morgan fingerprint density at radius 3 is 2.80 bits per heavy atom. The highest BCUT2D eigenvalue weighted by molar-refractivity contribution is 8.00. The Morgan fingerprint density at radius 1 is 1.40 bits per heavy atom. The van der Waals surface area contributed by atoms with Gasteiger partial charge in [0.05, 0.1) is 0 Å². The van der Waals surface area contributed by atoms with Crippen LogP contribution < -0.4 is 10.6 Å². The second-order valence-electron chi connectivity index (χ2n) is 6.30. The molecule has 0 aromatic heterocycles. The van der Waals surface area contributed by atoms with Crippen molar-refractivity contribution in [2.45, 2.75) is 44.4 Å². The first-order valence-electron chi connectivity index (χ1n) is 7.30. The van der Waals surface area contributed by atoms with E-state index in [1.165, 1.54) is 17.9 Å². The molecule has 0 amide bonds. The van der Waals surface area contributed by atoms with Crippen molar-refractivity contribution in [3.8, 4) is 0 Å². The highest BCUT2D eigenvalue weighted by Crippen LogP contribution is 2.33. The number of hydrogen-bond acceptors (Lipinski definition) is 3. The van der Waals surface area contributed by atoms with E-state index in [2.05, 4.69) is 48.7 Å². The number of thioether (sulfide) groups is 1. The van der Waals surface area contributed by atoms with Crippen molar-refractivity contribution in [3.05, 3.63) is 28.8 Å². The predicted molar refractivity (Wildman–Crippen MR) is 92.2 cm³/mol. The molecule has 112 valence electrons. The molecule has 0 spiro atoms. The van der Waals surface area contributed by atoms with Crippen LogP contribution in [0.5, 0.6) is 0 Å². The summed E-state index contributed by atoms with van der Waals surface area (Å²) in [5, 5.41) is 0.843. The summed E-state index contributed by atoms with van der Waals surface area (Å²) in [6, 6.07) is 6.56. The van der Waals surface area contributed by atoms with Crippen LogP contribution in [0.3, 0.4) is 0 Å². The van der Waals surface area contributed by atoms with Crippen LogP contribution in [0.15, 0.2) is 18.2 Å². The Balaban J connectivity index is 2.11.